The van der Waals surface area contributed by atoms with E-state index in [-0.39, 0.29) is 5.38 Å². The summed E-state index contributed by atoms with van der Waals surface area (Å²) >= 11 is 5.73. The summed E-state index contributed by atoms with van der Waals surface area (Å²) in [6.45, 7) is 3.80. The molecule has 0 aromatic rings. The van der Waals surface area contributed by atoms with Crippen LogP contribution in [0.3, 0.4) is 0 Å². The second-order valence-corrected chi connectivity index (χ2v) is 6.91. The van der Waals surface area contributed by atoms with Gasteiger partial charge < -0.3 is 0 Å². The van der Waals surface area contributed by atoms with Gasteiger partial charge in [-0.3, -0.25) is 0 Å². The van der Waals surface area contributed by atoms with Crippen molar-refractivity contribution in [2.45, 2.75) is 50.2 Å². The number of hydrogen-bond donors (Lipinski definition) is 0. The molecule has 0 saturated heterocycles. The molecule has 0 aliphatic carbocycles. The molecule has 80 valence electrons. The van der Waals surface area contributed by atoms with Gasteiger partial charge in [0.2, 0.25) is 9.05 Å². The molecule has 0 rings (SSSR count). The molecule has 0 heterocycles. The third kappa shape index (κ3) is 6.58. The Balaban J connectivity index is 4.21. The third-order valence-electron chi connectivity index (χ3n) is 1.87. The van der Waals surface area contributed by atoms with Crippen molar-refractivity contribution in [3.8, 4) is 0 Å². The molecule has 0 aromatic carbocycles. The Hall–Kier alpha value is 0.530. The SMILES string of the molecule is CCCCC(CC(C)Cl)S(=O)(=O)Cl. The van der Waals surface area contributed by atoms with E-state index in [1.54, 1.807) is 6.92 Å². The van der Waals surface area contributed by atoms with Gasteiger partial charge in [0.1, 0.15) is 0 Å². The number of alkyl halides is 1. The van der Waals surface area contributed by atoms with E-state index in [4.69, 9.17) is 22.3 Å². The van der Waals surface area contributed by atoms with Crippen LogP contribution < -0.4 is 0 Å². The molecular weight excluding hydrogens is 231 g/mol. The average molecular weight is 247 g/mol. The zero-order chi connectivity index (χ0) is 10.5. The molecule has 0 fully saturated rings. The average Bonchev–Trinajstić information content (AvgIpc) is 1.95. The van der Waals surface area contributed by atoms with Crippen molar-refractivity contribution in [3.63, 3.8) is 0 Å². The lowest BCUT2D eigenvalue weighted by Gasteiger charge is -2.13. The van der Waals surface area contributed by atoms with Gasteiger partial charge in [0.05, 0.1) is 5.25 Å². The molecule has 5 heteroatoms. The Bertz CT molecular complexity index is 224. The highest BCUT2D eigenvalue weighted by Crippen LogP contribution is 2.21. The van der Waals surface area contributed by atoms with Gasteiger partial charge >= 0.3 is 0 Å². The molecule has 2 atom stereocenters. The Morgan fingerprint density at radius 1 is 1.38 bits per heavy atom. The Morgan fingerprint density at radius 2 is 1.92 bits per heavy atom. The van der Waals surface area contributed by atoms with E-state index in [2.05, 4.69) is 0 Å². The second-order valence-electron chi connectivity index (χ2n) is 3.26. The molecule has 2 nitrogen and oxygen atoms in total. The van der Waals surface area contributed by atoms with Crippen molar-refractivity contribution < 1.29 is 8.42 Å². The summed E-state index contributed by atoms with van der Waals surface area (Å²) in [5.74, 6) is 0. The maximum absolute atomic E-state index is 11.1. The second kappa shape index (κ2) is 6.10. The van der Waals surface area contributed by atoms with Gasteiger partial charge in [-0.15, -0.1) is 11.6 Å². The van der Waals surface area contributed by atoms with E-state index in [9.17, 15) is 8.42 Å². The van der Waals surface area contributed by atoms with E-state index in [1.165, 1.54) is 0 Å². The quantitative estimate of drug-likeness (QED) is 0.533. The first kappa shape index (κ1) is 13.5. The van der Waals surface area contributed by atoms with Crippen molar-refractivity contribution in [1.82, 2.24) is 0 Å². The molecule has 0 radical (unpaired) electrons. The monoisotopic (exact) mass is 246 g/mol. The van der Waals surface area contributed by atoms with Crippen LogP contribution in [-0.2, 0) is 9.05 Å². The van der Waals surface area contributed by atoms with Crippen molar-refractivity contribution >= 4 is 31.3 Å². The molecule has 13 heavy (non-hydrogen) atoms. The van der Waals surface area contributed by atoms with Gasteiger partial charge in [-0.05, 0) is 19.8 Å². The highest BCUT2D eigenvalue weighted by molar-refractivity contribution is 8.14. The van der Waals surface area contributed by atoms with E-state index in [1.807, 2.05) is 6.92 Å². The summed E-state index contributed by atoms with van der Waals surface area (Å²) in [4.78, 5) is 0. The van der Waals surface area contributed by atoms with Crippen LogP contribution >= 0.6 is 22.3 Å². The Labute approximate surface area is 90.0 Å². The normalized spacial score (nSPS) is 16.9. The molecule has 0 amide bonds. The molecule has 0 aromatic heterocycles. The minimum Gasteiger partial charge on any atom is -0.212 e. The molecule has 0 saturated carbocycles. The summed E-state index contributed by atoms with van der Waals surface area (Å²) in [5.41, 5.74) is 0. The van der Waals surface area contributed by atoms with Gasteiger partial charge in [0, 0.05) is 16.1 Å². The predicted molar refractivity (Wildman–Crippen MR) is 58.0 cm³/mol. The fourth-order valence-electron chi connectivity index (χ4n) is 1.17. The molecule has 2 unspecified atom stereocenters. The van der Waals surface area contributed by atoms with Crippen LogP contribution in [0, 0.1) is 0 Å². The molecule has 0 bridgehead atoms. The van der Waals surface area contributed by atoms with E-state index in [0.29, 0.717) is 12.8 Å². The number of hydrogen-bond acceptors (Lipinski definition) is 2. The first-order valence-electron chi connectivity index (χ1n) is 4.45. The standard InChI is InChI=1S/C8H16Cl2O2S/c1-3-4-5-8(6-7(2)9)13(10,11)12/h7-8H,3-6H2,1-2H3. The highest BCUT2D eigenvalue weighted by Gasteiger charge is 2.23. The highest BCUT2D eigenvalue weighted by atomic mass is 35.7. The van der Waals surface area contributed by atoms with Crippen LogP contribution in [0.5, 0.6) is 0 Å². The summed E-state index contributed by atoms with van der Waals surface area (Å²) in [6.07, 6.45) is 2.90. The smallest absolute Gasteiger partial charge is 0.212 e. The van der Waals surface area contributed by atoms with Crippen molar-refractivity contribution in [3.05, 3.63) is 0 Å². The summed E-state index contributed by atoms with van der Waals surface area (Å²) < 4.78 is 22.2. The topological polar surface area (TPSA) is 34.1 Å². The fraction of sp³-hybridized carbons (Fsp3) is 1.00. The van der Waals surface area contributed by atoms with Crippen molar-refractivity contribution in [2.75, 3.05) is 0 Å². The first-order valence-corrected chi connectivity index (χ1v) is 7.26. The number of unbranched alkanes of at least 4 members (excludes halogenated alkanes) is 1. The summed E-state index contributed by atoms with van der Waals surface area (Å²) in [6, 6.07) is 0. The minimum absolute atomic E-state index is 0.143. The van der Waals surface area contributed by atoms with Crippen LogP contribution in [-0.4, -0.2) is 19.0 Å². The van der Waals surface area contributed by atoms with Crippen LogP contribution in [0.25, 0.3) is 0 Å². The lowest BCUT2D eigenvalue weighted by Crippen LogP contribution is -2.19. The van der Waals surface area contributed by atoms with Crippen LogP contribution in [0.15, 0.2) is 0 Å². The maximum atomic E-state index is 11.1. The van der Waals surface area contributed by atoms with Crippen LogP contribution in [0.2, 0.25) is 0 Å². The first-order chi connectivity index (χ1) is 5.88. The molecule has 0 aliphatic heterocycles. The van der Waals surface area contributed by atoms with Gasteiger partial charge in [-0.25, -0.2) is 8.42 Å². The van der Waals surface area contributed by atoms with Gasteiger partial charge in [0.15, 0.2) is 0 Å². The van der Waals surface area contributed by atoms with Gasteiger partial charge in [0.25, 0.3) is 0 Å². The van der Waals surface area contributed by atoms with E-state index in [0.717, 1.165) is 12.8 Å². The fourth-order valence-corrected chi connectivity index (χ4v) is 2.94. The van der Waals surface area contributed by atoms with Crippen molar-refractivity contribution in [2.24, 2.45) is 0 Å². The predicted octanol–water partition coefficient (Wildman–Crippen LogP) is 3.13. The van der Waals surface area contributed by atoms with Crippen molar-refractivity contribution in [1.29, 1.82) is 0 Å². The lowest BCUT2D eigenvalue weighted by molar-refractivity contribution is 0.562. The Morgan fingerprint density at radius 3 is 2.23 bits per heavy atom. The van der Waals surface area contributed by atoms with Crippen LogP contribution in [0.1, 0.15) is 39.5 Å². The largest absolute Gasteiger partial charge is 0.235 e. The number of rotatable bonds is 6. The summed E-state index contributed by atoms with van der Waals surface area (Å²) in [5, 5.41) is -0.628. The molecule has 0 spiro atoms. The molecule has 0 N–H and O–H groups in total. The molecule has 0 aliphatic rings. The van der Waals surface area contributed by atoms with Crippen LogP contribution in [0.4, 0.5) is 0 Å². The number of halogens is 2. The summed E-state index contributed by atoms with van der Waals surface area (Å²) in [7, 11) is 1.85. The minimum atomic E-state index is -3.44. The molecular formula is C8H16Cl2O2S. The lowest BCUT2D eigenvalue weighted by atomic mass is 10.1. The Kier molecular flexibility index (Phi) is 6.34. The zero-order valence-corrected chi connectivity index (χ0v) is 10.3. The maximum Gasteiger partial charge on any atom is 0.235 e. The van der Waals surface area contributed by atoms with E-state index < -0.39 is 14.3 Å². The van der Waals surface area contributed by atoms with Gasteiger partial charge in [-0.1, -0.05) is 19.8 Å². The van der Waals surface area contributed by atoms with Gasteiger partial charge in [-0.2, -0.15) is 0 Å². The third-order valence-corrected chi connectivity index (χ3v) is 4.02. The zero-order valence-electron chi connectivity index (χ0n) is 7.96. The van der Waals surface area contributed by atoms with E-state index >= 15 is 0 Å².